The van der Waals surface area contributed by atoms with Crippen molar-refractivity contribution >= 4 is 5.96 Å². The molecule has 0 fully saturated rings. The molecule has 0 spiro atoms. The number of rotatable bonds is 4. The van der Waals surface area contributed by atoms with Gasteiger partial charge in [-0.05, 0) is 12.0 Å². The van der Waals surface area contributed by atoms with Crippen molar-refractivity contribution in [2.45, 2.75) is 38.8 Å². The molecule has 6 nitrogen and oxygen atoms in total. The predicted octanol–water partition coefficient (Wildman–Crippen LogP) is 2.99. The molecule has 1 atom stereocenters. The van der Waals surface area contributed by atoms with E-state index in [4.69, 9.17) is 9.26 Å². The van der Waals surface area contributed by atoms with Gasteiger partial charge in [-0.3, -0.25) is 4.99 Å². The van der Waals surface area contributed by atoms with E-state index >= 15 is 0 Å². The van der Waals surface area contributed by atoms with Gasteiger partial charge in [-0.2, -0.15) is 0 Å². The maximum absolute atomic E-state index is 5.70. The second-order valence-corrected chi connectivity index (χ2v) is 6.17. The third kappa shape index (κ3) is 3.69. The first kappa shape index (κ1) is 16.4. The minimum Gasteiger partial charge on any atom is -0.493 e. The van der Waals surface area contributed by atoms with Gasteiger partial charge in [0.25, 0.3) is 0 Å². The van der Waals surface area contributed by atoms with Crippen LogP contribution in [-0.2, 0) is 6.54 Å². The predicted molar refractivity (Wildman–Crippen MR) is 93.2 cm³/mol. The van der Waals surface area contributed by atoms with Crippen LogP contribution in [-0.4, -0.2) is 24.8 Å². The fourth-order valence-corrected chi connectivity index (χ4v) is 2.71. The van der Waals surface area contributed by atoms with Crippen molar-refractivity contribution in [2.75, 3.05) is 13.7 Å². The Hall–Kier alpha value is -2.50. The Morgan fingerprint density at radius 1 is 1.38 bits per heavy atom. The molecule has 6 heteroatoms. The molecule has 0 radical (unpaired) electrons. The molecule has 2 heterocycles. The number of benzene rings is 1. The Balaban J connectivity index is 1.61. The van der Waals surface area contributed by atoms with E-state index in [-0.39, 0.29) is 6.04 Å². The summed E-state index contributed by atoms with van der Waals surface area (Å²) in [5.41, 5.74) is 2.13. The third-order valence-corrected chi connectivity index (χ3v) is 4.09. The van der Waals surface area contributed by atoms with E-state index < -0.39 is 0 Å². The van der Waals surface area contributed by atoms with Crippen LogP contribution in [0, 0.1) is 0 Å². The molecule has 0 saturated carbocycles. The summed E-state index contributed by atoms with van der Waals surface area (Å²) in [6, 6.07) is 10.3. The van der Waals surface area contributed by atoms with E-state index in [9.17, 15) is 0 Å². The Bertz CT molecular complexity index is 709. The van der Waals surface area contributed by atoms with Gasteiger partial charge in [0.15, 0.2) is 11.7 Å². The number of para-hydroxylation sites is 1. The summed E-state index contributed by atoms with van der Waals surface area (Å²) in [7, 11) is 1.76. The number of guanidine groups is 1. The molecule has 0 amide bonds. The normalized spacial score (nSPS) is 17.3. The lowest BCUT2D eigenvalue weighted by atomic mass is 10.0. The second kappa shape index (κ2) is 7.38. The highest BCUT2D eigenvalue weighted by molar-refractivity contribution is 5.80. The monoisotopic (exact) mass is 328 g/mol. The van der Waals surface area contributed by atoms with Crippen LogP contribution < -0.4 is 15.4 Å². The summed E-state index contributed by atoms with van der Waals surface area (Å²) < 4.78 is 11.1. The van der Waals surface area contributed by atoms with Gasteiger partial charge in [0.05, 0.1) is 24.9 Å². The zero-order chi connectivity index (χ0) is 16.9. The largest absolute Gasteiger partial charge is 0.493 e. The first-order chi connectivity index (χ1) is 11.7. The summed E-state index contributed by atoms with van der Waals surface area (Å²) >= 11 is 0. The molecule has 0 saturated heterocycles. The summed E-state index contributed by atoms with van der Waals surface area (Å²) in [6.45, 7) is 5.44. The summed E-state index contributed by atoms with van der Waals surface area (Å²) in [4.78, 5) is 4.30. The molecular weight excluding hydrogens is 304 g/mol. The van der Waals surface area contributed by atoms with Gasteiger partial charge in [-0.1, -0.05) is 37.2 Å². The highest BCUT2D eigenvalue weighted by atomic mass is 16.5. The van der Waals surface area contributed by atoms with Gasteiger partial charge in [-0.15, -0.1) is 0 Å². The summed E-state index contributed by atoms with van der Waals surface area (Å²) in [5, 5.41) is 10.8. The highest BCUT2D eigenvalue weighted by Gasteiger charge is 2.21. The molecule has 1 aromatic carbocycles. The molecule has 2 aromatic rings. The quantitative estimate of drug-likeness (QED) is 0.667. The van der Waals surface area contributed by atoms with Crippen molar-refractivity contribution < 1.29 is 9.26 Å². The lowest BCUT2D eigenvalue weighted by molar-refractivity contribution is 0.261. The summed E-state index contributed by atoms with van der Waals surface area (Å²) in [6.07, 6.45) is 0.900. The van der Waals surface area contributed by atoms with Crippen molar-refractivity contribution in [2.24, 2.45) is 4.99 Å². The molecule has 0 bridgehead atoms. The van der Waals surface area contributed by atoms with Crippen molar-refractivity contribution in [1.29, 1.82) is 0 Å². The van der Waals surface area contributed by atoms with Crippen molar-refractivity contribution in [3.05, 3.63) is 47.3 Å². The Morgan fingerprint density at radius 2 is 2.21 bits per heavy atom. The Kier molecular flexibility index (Phi) is 5.03. The van der Waals surface area contributed by atoms with E-state index in [1.807, 2.05) is 24.3 Å². The van der Waals surface area contributed by atoms with Gasteiger partial charge in [-0.25, -0.2) is 0 Å². The minimum atomic E-state index is 0.183. The number of aliphatic imine (C=N–C) groups is 1. The van der Waals surface area contributed by atoms with Crippen LogP contribution in [0.3, 0.4) is 0 Å². The first-order valence-electron chi connectivity index (χ1n) is 8.31. The zero-order valence-electron chi connectivity index (χ0n) is 14.4. The topological polar surface area (TPSA) is 71.7 Å². The SMILES string of the molecule is CN=C(NCc1cc(C(C)C)no1)NC1CCOc2ccccc21. The number of hydrogen-bond donors (Lipinski definition) is 2. The molecule has 24 heavy (non-hydrogen) atoms. The molecule has 1 aliphatic rings. The van der Waals surface area contributed by atoms with Crippen molar-refractivity contribution in [3.8, 4) is 5.75 Å². The van der Waals surface area contributed by atoms with Crippen LogP contribution >= 0.6 is 0 Å². The van der Waals surface area contributed by atoms with Gasteiger partial charge >= 0.3 is 0 Å². The fourth-order valence-electron chi connectivity index (χ4n) is 2.71. The lowest BCUT2D eigenvalue weighted by Gasteiger charge is -2.27. The number of aromatic nitrogens is 1. The van der Waals surface area contributed by atoms with Crippen LogP contribution in [0.5, 0.6) is 5.75 Å². The molecule has 2 N–H and O–H groups in total. The molecule has 3 rings (SSSR count). The number of ether oxygens (including phenoxy) is 1. The molecular formula is C18H24N4O2. The lowest BCUT2D eigenvalue weighted by Crippen LogP contribution is -2.40. The average Bonchev–Trinajstić information content (AvgIpc) is 3.08. The maximum atomic E-state index is 5.70. The van der Waals surface area contributed by atoms with Crippen LogP contribution in [0.25, 0.3) is 0 Å². The van der Waals surface area contributed by atoms with Gasteiger partial charge in [0, 0.05) is 25.1 Å². The smallest absolute Gasteiger partial charge is 0.191 e. The van der Waals surface area contributed by atoms with Crippen molar-refractivity contribution in [3.63, 3.8) is 0 Å². The minimum absolute atomic E-state index is 0.183. The van der Waals surface area contributed by atoms with E-state index in [0.717, 1.165) is 35.1 Å². The van der Waals surface area contributed by atoms with Gasteiger partial charge in [0.2, 0.25) is 0 Å². The summed E-state index contributed by atoms with van der Waals surface area (Å²) in [5.74, 6) is 2.83. The number of nitrogens with zero attached hydrogens (tertiary/aromatic N) is 2. The van der Waals surface area contributed by atoms with Gasteiger partial charge < -0.3 is 19.9 Å². The molecule has 1 unspecified atom stereocenters. The van der Waals surface area contributed by atoms with Crippen LogP contribution in [0.4, 0.5) is 0 Å². The fraction of sp³-hybridized carbons (Fsp3) is 0.444. The van der Waals surface area contributed by atoms with E-state index in [2.05, 4.69) is 40.7 Å². The standard InChI is InChI=1S/C18H24N4O2/c1-12(2)16-10-13(24-22-16)11-20-18(19-3)21-15-8-9-23-17-7-5-4-6-14(15)17/h4-7,10,12,15H,8-9,11H2,1-3H3,(H2,19,20,21). The Labute approximate surface area is 142 Å². The van der Waals surface area contributed by atoms with Crippen molar-refractivity contribution in [1.82, 2.24) is 15.8 Å². The zero-order valence-corrected chi connectivity index (χ0v) is 14.4. The molecule has 128 valence electrons. The van der Waals surface area contributed by atoms with Crippen LogP contribution in [0.2, 0.25) is 0 Å². The Morgan fingerprint density at radius 3 is 2.96 bits per heavy atom. The third-order valence-electron chi connectivity index (χ3n) is 4.09. The average molecular weight is 328 g/mol. The van der Waals surface area contributed by atoms with Gasteiger partial charge in [0.1, 0.15) is 5.75 Å². The molecule has 0 aliphatic carbocycles. The van der Waals surface area contributed by atoms with Crippen LogP contribution in [0.1, 0.15) is 49.2 Å². The maximum Gasteiger partial charge on any atom is 0.191 e. The van der Waals surface area contributed by atoms with E-state index in [0.29, 0.717) is 19.1 Å². The molecule has 1 aliphatic heterocycles. The number of fused-ring (bicyclic) bond motifs is 1. The highest BCUT2D eigenvalue weighted by Crippen LogP contribution is 2.31. The first-order valence-corrected chi connectivity index (χ1v) is 8.31. The number of nitrogens with one attached hydrogen (secondary N) is 2. The van der Waals surface area contributed by atoms with E-state index in [1.54, 1.807) is 7.05 Å². The van der Waals surface area contributed by atoms with Crippen LogP contribution in [0.15, 0.2) is 39.8 Å². The number of hydrogen-bond acceptors (Lipinski definition) is 4. The molecule has 1 aromatic heterocycles. The van der Waals surface area contributed by atoms with E-state index in [1.165, 1.54) is 0 Å². The second-order valence-electron chi connectivity index (χ2n) is 6.17.